The van der Waals surface area contributed by atoms with Crippen molar-refractivity contribution >= 4 is 5.97 Å². The maximum absolute atomic E-state index is 13.0. The molecule has 5 rings (SSSR count). The second-order valence-electron chi connectivity index (χ2n) is 11.6. The third-order valence-corrected chi connectivity index (χ3v) is 8.44. The maximum Gasteiger partial charge on any atom is 0.326 e. The lowest BCUT2D eigenvalue weighted by atomic mass is 9.51. The van der Waals surface area contributed by atoms with Gasteiger partial charge in [-0.2, -0.15) is 0 Å². The third kappa shape index (κ3) is 3.40. The summed E-state index contributed by atoms with van der Waals surface area (Å²) < 4.78 is 17.9. The highest BCUT2D eigenvalue weighted by atomic mass is 16.6. The van der Waals surface area contributed by atoms with Gasteiger partial charge in [0.2, 0.25) is 0 Å². The normalized spacial score (nSPS) is 33.5. The molecular weight excluding hydrogens is 436 g/mol. The fourth-order valence-corrected chi connectivity index (χ4v) is 7.14. The molecule has 8 heteroatoms. The molecule has 0 aromatic heterocycles. The summed E-state index contributed by atoms with van der Waals surface area (Å²) in [5, 5.41) is 24.8. The van der Waals surface area contributed by atoms with E-state index in [0.29, 0.717) is 23.5 Å². The summed E-state index contributed by atoms with van der Waals surface area (Å²) in [4.78, 5) is 15.4. The molecule has 8 nitrogen and oxygen atoms in total. The number of methoxy groups -OCH3 is 1. The van der Waals surface area contributed by atoms with E-state index in [9.17, 15) is 15.0 Å². The van der Waals surface area contributed by atoms with Crippen LogP contribution >= 0.6 is 0 Å². The first-order valence-electron chi connectivity index (χ1n) is 12.4. The molecule has 1 aromatic carbocycles. The summed E-state index contributed by atoms with van der Waals surface area (Å²) in [5.74, 6) is 1.31. The smallest absolute Gasteiger partial charge is 0.326 e. The number of benzene rings is 1. The van der Waals surface area contributed by atoms with Crippen molar-refractivity contribution in [2.75, 3.05) is 20.7 Å². The van der Waals surface area contributed by atoms with E-state index in [-0.39, 0.29) is 23.3 Å². The topological polar surface area (TPSA) is 100 Å². The van der Waals surface area contributed by atoms with Crippen molar-refractivity contribution in [1.29, 1.82) is 0 Å². The largest absolute Gasteiger partial charge is 0.504 e. The monoisotopic (exact) mass is 474 g/mol. The molecule has 0 amide bonds. The summed E-state index contributed by atoms with van der Waals surface area (Å²) in [7, 11) is 3.84. The molecule has 2 bridgehead atoms. The van der Waals surface area contributed by atoms with E-state index in [4.69, 9.17) is 14.2 Å². The molecule has 0 unspecified atom stereocenters. The number of piperidine rings is 1. The lowest BCUT2D eigenvalue weighted by Crippen LogP contribution is -2.69. The first kappa shape index (κ1) is 23.7. The van der Waals surface area contributed by atoms with Crippen LogP contribution in [0.4, 0.5) is 0 Å². The van der Waals surface area contributed by atoms with Crippen molar-refractivity contribution < 1.29 is 29.2 Å². The summed E-state index contributed by atoms with van der Waals surface area (Å²) >= 11 is 0. The van der Waals surface area contributed by atoms with Gasteiger partial charge in [0.25, 0.3) is 0 Å². The highest BCUT2D eigenvalue weighted by Crippen LogP contribution is 2.65. The van der Waals surface area contributed by atoms with Gasteiger partial charge in [-0.15, -0.1) is 0 Å². The minimum atomic E-state index is -0.922. The number of carbonyl (C=O) groups excluding carboxylic acids is 1. The van der Waals surface area contributed by atoms with E-state index in [2.05, 4.69) is 17.3 Å². The van der Waals surface area contributed by atoms with Crippen LogP contribution in [0, 0.1) is 5.92 Å². The van der Waals surface area contributed by atoms with Gasteiger partial charge in [-0.05, 0) is 72.9 Å². The van der Waals surface area contributed by atoms with Gasteiger partial charge in [-0.25, -0.2) is 0 Å². The number of nitrogens with one attached hydrogen (secondary N) is 1. The number of hydrogen-bond acceptors (Lipinski definition) is 8. The lowest BCUT2D eigenvalue weighted by Gasteiger charge is -2.59. The van der Waals surface area contributed by atoms with Crippen LogP contribution in [-0.4, -0.2) is 77.7 Å². The molecule has 34 heavy (non-hydrogen) atoms. The average Bonchev–Trinajstić information content (AvgIpc) is 3.10. The van der Waals surface area contributed by atoms with E-state index >= 15 is 0 Å². The number of aliphatic hydroxyl groups excluding tert-OH is 1. The SMILES string of the molecule is COc1cc(O)c2c3c1C[C@@H]1[C@@H]4CC[C@@H](N[C@H](C(=O)OC(C)(C)C)[C@@H](C)O)[C@H](O2)[C@]34CCN1C. The zero-order valence-electron chi connectivity index (χ0n) is 21.1. The number of rotatable bonds is 5. The number of ether oxygens (including phenoxy) is 3. The van der Waals surface area contributed by atoms with Gasteiger partial charge >= 0.3 is 5.97 Å². The molecular formula is C26H38N2O6. The fourth-order valence-electron chi connectivity index (χ4n) is 7.14. The number of likely N-dealkylation sites (tertiary alicyclic amines) is 1. The molecule has 188 valence electrons. The number of hydrogen-bond donors (Lipinski definition) is 3. The fraction of sp³-hybridized carbons (Fsp3) is 0.731. The Balaban J connectivity index is 1.55. The highest BCUT2D eigenvalue weighted by Gasteiger charge is 2.66. The second-order valence-corrected chi connectivity index (χ2v) is 11.6. The molecule has 1 spiro atoms. The quantitative estimate of drug-likeness (QED) is 0.558. The van der Waals surface area contributed by atoms with Crippen LogP contribution in [-0.2, 0) is 21.4 Å². The lowest BCUT2D eigenvalue weighted by molar-refractivity contribution is -0.161. The van der Waals surface area contributed by atoms with Crippen molar-refractivity contribution in [3.8, 4) is 17.2 Å². The zero-order valence-corrected chi connectivity index (χ0v) is 21.1. The number of likely N-dealkylation sites (N-methyl/N-ethyl adjacent to an activating group) is 1. The van der Waals surface area contributed by atoms with Gasteiger partial charge in [0.1, 0.15) is 23.5 Å². The third-order valence-electron chi connectivity index (χ3n) is 8.44. The van der Waals surface area contributed by atoms with E-state index in [1.165, 1.54) is 0 Å². The second kappa shape index (κ2) is 8.00. The molecule has 2 heterocycles. The van der Waals surface area contributed by atoms with Crippen LogP contribution in [0.25, 0.3) is 0 Å². The predicted octanol–water partition coefficient (Wildman–Crippen LogP) is 2.12. The van der Waals surface area contributed by atoms with Gasteiger partial charge in [0.05, 0.1) is 13.2 Å². The van der Waals surface area contributed by atoms with Crippen LogP contribution in [0.1, 0.15) is 58.1 Å². The number of phenols is 1. The van der Waals surface area contributed by atoms with E-state index < -0.39 is 23.7 Å². The Morgan fingerprint density at radius 2 is 2.09 bits per heavy atom. The molecule has 2 fully saturated rings. The number of aromatic hydroxyl groups is 1. The number of aliphatic hydroxyl groups is 1. The Hall–Kier alpha value is -2.03. The van der Waals surface area contributed by atoms with Gasteiger partial charge in [0, 0.05) is 34.7 Å². The predicted molar refractivity (Wildman–Crippen MR) is 126 cm³/mol. The van der Waals surface area contributed by atoms with Crippen LogP contribution in [0.15, 0.2) is 6.07 Å². The average molecular weight is 475 g/mol. The molecule has 0 radical (unpaired) electrons. The van der Waals surface area contributed by atoms with E-state index in [0.717, 1.165) is 43.4 Å². The summed E-state index contributed by atoms with van der Waals surface area (Å²) in [6.45, 7) is 8.02. The van der Waals surface area contributed by atoms with E-state index in [1.54, 1.807) is 20.1 Å². The first-order chi connectivity index (χ1) is 16.0. The Kier molecular flexibility index (Phi) is 5.58. The van der Waals surface area contributed by atoms with Crippen molar-refractivity contribution in [2.45, 2.75) is 94.7 Å². The standard InChI is InChI=1S/C26H38N2O6/c1-13(29)21(24(31)34-25(2,3)4)27-16-8-7-15-17-11-14-19(32-6)12-18(30)22-20(14)26(15,23(16)33-22)9-10-28(17)5/h12-13,15-17,21,23,27,29-30H,7-11H2,1-6H3/t13-,15+,16-,17-,21+,23+,26+/m1/s1. The molecule has 2 aliphatic carbocycles. The minimum Gasteiger partial charge on any atom is -0.504 e. The molecule has 1 aromatic rings. The van der Waals surface area contributed by atoms with Crippen molar-refractivity contribution in [3.05, 3.63) is 17.2 Å². The molecule has 1 saturated heterocycles. The zero-order chi connectivity index (χ0) is 24.6. The molecule has 4 aliphatic rings. The van der Waals surface area contributed by atoms with Crippen LogP contribution in [0.5, 0.6) is 17.2 Å². The summed E-state index contributed by atoms with van der Waals surface area (Å²) in [6, 6.07) is 1.00. The number of carbonyl (C=O) groups is 1. The van der Waals surface area contributed by atoms with Crippen molar-refractivity contribution in [1.82, 2.24) is 10.2 Å². The van der Waals surface area contributed by atoms with Gasteiger partial charge in [0.15, 0.2) is 11.5 Å². The Morgan fingerprint density at radius 3 is 2.74 bits per heavy atom. The Labute approximate surface area is 201 Å². The maximum atomic E-state index is 13.0. The van der Waals surface area contributed by atoms with Crippen molar-refractivity contribution in [2.24, 2.45) is 5.92 Å². The van der Waals surface area contributed by atoms with Gasteiger partial charge < -0.3 is 29.3 Å². The summed E-state index contributed by atoms with van der Waals surface area (Å²) in [6.07, 6.45) is 2.40. The molecule has 2 aliphatic heterocycles. The van der Waals surface area contributed by atoms with E-state index in [1.807, 2.05) is 20.8 Å². The Bertz CT molecular complexity index is 988. The van der Waals surface area contributed by atoms with Crippen LogP contribution in [0.3, 0.4) is 0 Å². The Morgan fingerprint density at radius 1 is 1.35 bits per heavy atom. The minimum absolute atomic E-state index is 0.105. The van der Waals surface area contributed by atoms with Gasteiger partial charge in [-0.1, -0.05) is 0 Å². The van der Waals surface area contributed by atoms with Crippen LogP contribution in [0.2, 0.25) is 0 Å². The number of esters is 1. The summed E-state index contributed by atoms with van der Waals surface area (Å²) in [5.41, 5.74) is 1.31. The molecule has 7 atom stereocenters. The van der Waals surface area contributed by atoms with Crippen LogP contribution < -0.4 is 14.8 Å². The molecule has 3 N–H and O–H groups in total. The highest BCUT2D eigenvalue weighted by molar-refractivity contribution is 5.77. The molecule has 1 saturated carbocycles. The van der Waals surface area contributed by atoms with Crippen molar-refractivity contribution in [3.63, 3.8) is 0 Å². The van der Waals surface area contributed by atoms with Gasteiger partial charge in [-0.3, -0.25) is 10.1 Å². The number of nitrogens with zero attached hydrogens (tertiary/aromatic N) is 1. The first-order valence-corrected chi connectivity index (χ1v) is 12.4. The number of phenolic OH excluding ortho intramolecular Hbond substituents is 1.